The van der Waals surface area contributed by atoms with E-state index in [0.717, 1.165) is 23.0 Å². The van der Waals surface area contributed by atoms with Crippen LogP contribution in [0.3, 0.4) is 0 Å². The van der Waals surface area contributed by atoms with E-state index in [4.69, 9.17) is 9.47 Å². The standard InChI is InChI=1S/C14H22O4S2/c1-5-13(15)17-11(3)9-19-7-8-20-10-12(4)18-14(16)6-2/h5-6,11-12H,1-2,7-10H2,3-4H3. The molecule has 20 heavy (non-hydrogen) atoms. The Bertz CT molecular complexity index is 299. The number of ether oxygens (including phenoxy) is 2. The lowest BCUT2D eigenvalue weighted by Crippen LogP contribution is -2.16. The van der Waals surface area contributed by atoms with Crippen LogP contribution in [0.25, 0.3) is 0 Å². The maximum atomic E-state index is 10.9. The van der Waals surface area contributed by atoms with Crippen molar-refractivity contribution in [3.8, 4) is 0 Å². The number of carbonyl (C=O) groups excluding carboxylic acids is 2. The fourth-order valence-electron chi connectivity index (χ4n) is 1.18. The van der Waals surface area contributed by atoms with E-state index >= 15 is 0 Å². The van der Waals surface area contributed by atoms with Gasteiger partial charge in [-0.05, 0) is 13.8 Å². The van der Waals surface area contributed by atoms with Crippen LogP contribution in [0.15, 0.2) is 25.3 Å². The Morgan fingerprint density at radius 1 is 0.950 bits per heavy atom. The molecule has 0 aromatic heterocycles. The fraction of sp³-hybridized carbons (Fsp3) is 0.571. The molecule has 2 atom stereocenters. The first-order valence-electron chi connectivity index (χ1n) is 6.31. The Hall–Kier alpha value is -0.880. The summed E-state index contributed by atoms with van der Waals surface area (Å²) in [5.74, 6) is 2.68. The van der Waals surface area contributed by atoms with E-state index < -0.39 is 0 Å². The Kier molecular flexibility index (Phi) is 11.4. The zero-order valence-electron chi connectivity index (χ0n) is 12.0. The largest absolute Gasteiger partial charge is 0.459 e. The molecule has 0 aliphatic carbocycles. The highest BCUT2D eigenvalue weighted by Gasteiger charge is 2.08. The number of hydrogen-bond donors (Lipinski definition) is 0. The van der Waals surface area contributed by atoms with Crippen LogP contribution in [0.1, 0.15) is 13.8 Å². The van der Waals surface area contributed by atoms with E-state index in [2.05, 4.69) is 13.2 Å². The molecule has 6 heteroatoms. The third-order valence-corrected chi connectivity index (χ3v) is 4.70. The molecular formula is C14H22O4S2. The van der Waals surface area contributed by atoms with Crippen LogP contribution in [-0.4, -0.2) is 47.2 Å². The second-order valence-corrected chi connectivity index (χ2v) is 6.35. The summed E-state index contributed by atoms with van der Waals surface area (Å²) >= 11 is 3.46. The molecule has 0 aliphatic rings. The van der Waals surface area contributed by atoms with Crippen molar-refractivity contribution in [1.29, 1.82) is 0 Å². The molecule has 0 fully saturated rings. The quantitative estimate of drug-likeness (QED) is 0.332. The molecule has 0 bridgehead atoms. The fourth-order valence-corrected chi connectivity index (χ4v) is 3.25. The molecule has 0 saturated carbocycles. The maximum absolute atomic E-state index is 10.9. The molecule has 2 unspecified atom stereocenters. The van der Waals surface area contributed by atoms with Crippen LogP contribution in [0.5, 0.6) is 0 Å². The van der Waals surface area contributed by atoms with Crippen molar-refractivity contribution in [1.82, 2.24) is 0 Å². The second kappa shape index (κ2) is 11.9. The van der Waals surface area contributed by atoms with E-state index in [1.807, 2.05) is 13.8 Å². The third-order valence-electron chi connectivity index (χ3n) is 2.05. The summed E-state index contributed by atoms with van der Waals surface area (Å²) in [4.78, 5) is 21.9. The van der Waals surface area contributed by atoms with Crippen molar-refractivity contribution >= 4 is 35.5 Å². The normalized spacial score (nSPS) is 13.1. The maximum Gasteiger partial charge on any atom is 0.330 e. The van der Waals surface area contributed by atoms with Crippen LogP contribution >= 0.6 is 23.5 Å². The van der Waals surface area contributed by atoms with Gasteiger partial charge in [0.05, 0.1) is 0 Å². The van der Waals surface area contributed by atoms with Crippen molar-refractivity contribution < 1.29 is 19.1 Å². The van der Waals surface area contributed by atoms with E-state index in [-0.39, 0.29) is 24.1 Å². The second-order valence-electron chi connectivity index (χ2n) is 4.05. The van der Waals surface area contributed by atoms with Gasteiger partial charge in [0.2, 0.25) is 0 Å². The van der Waals surface area contributed by atoms with Crippen LogP contribution < -0.4 is 0 Å². The lowest BCUT2D eigenvalue weighted by Gasteiger charge is -2.12. The van der Waals surface area contributed by atoms with E-state index in [1.54, 1.807) is 23.5 Å². The summed E-state index contributed by atoms with van der Waals surface area (Å²) in [6.45, 7) is 10.4. The summed E-state index contributed by atoms with van der Waals surface area (Å²) in [7, 11) is 0. The average Bonchev–Trinajstić information content (AvgIpc) is 2.42. The SMILES string of the molecule is C=CC(=O)OC(C)CSCCSCC(C)OC(=O)C=C. The summed E-state index contributed by atoms with van der Waals surface area (Å²) in [6.07, 6.45) is 2.12. The molecule has 0 spiro atoms. The summed E-state index contributed by atoms with van der Waals surface area (Å²) < 4.78 is 10.1. The van der Waals surface area contributed by atoms with Gasteiger partial charge < -0.3 is 9.47 Å². The van der Waals surface area contributed by atoms with Crippen LogP contribution in [0, 0.1) is 0 Å². The number of rotatable bonds is 11. The highest BCUT2D eigenvalue weighted by Crippen LogP contribution is 2.12. The van der Waals surface area contributed by atoms with Crippen molar-refractivity contribution in [3.63, 3.8) is 0 Å². The molecule has 0 aromatic carbocycles. The molecule has 0 rings (SSSR count). The Labute approximate surface area is 129 Å². The molecule has 0 aliphatic heterocycles. The number of esters is 2. The van der Waals surface area contributed by atoms with Gasteiger partial charge in [0.1, 0.15) is 12.2 Å². The summed E-state index contributed by atoms with van der Waals surface area (Å²) in [5.41, 5.74) is 0. The van der Waals surface area contributed by atoms with Crippen LogP contribution in [-0.2, 0) is 19.1 Å². The van der Waals surface area contributed by atoms with Gasteiger partial charge in [0, 0.05) is 35.2 Å². The minimum Gasteiger partial charge on any atom is -0.459 e. The van der Waals surface area contributed by atoms with Crippen molar-refractivity contribution in [2.75, 3.05) is 23.0 Å². The minimum atomic E-state index is -0.384. The van der Waals surface area contributed by atoms with Crippen LogP contribution in [0.2, 0.25) is 0 Å². The minimum absolute atomic E-state index is 0.108. The van der Waals surface area contributed by atoms with Crippen molar-refractivity contribution in [3.05, 3.63) is 25.3 Å². The van der Waals surface area contributed by atoms with Gasteiger partial charge in [-0.1, -0.05) is 13.2 Å². The number of carbonyl (C=O) groups is 2. The number of thioether (sulfide) groups is 2. The first kappa shape index (κ1) is 19.1. The molecule has 4 nitrogen and oxygen atoms in total. The molecule has 0 aromatic rings. The molecule has 0 amide bonds. The first-order valence-corrected chi connectivity index (χ1v) is 8.62. The van der Waals surface area contributed by atoms with Gasteiger partial charge in [0.25, 0.3) is 0 Å². The van der Waals surface area contributed by atoms with Gasteiger partial charge in [0.15, 0.2) is 0 Å². The van der Waals surface area contributed by atoms with Crippen LogP contribution in [0.4, 0.5) is 0 Å². The molecule has 0 N–H and O–H groups in total. The van der Waals surface area contributed by atoms with Gasteiger partial charge in [-0.2, -0.15) is 23.5 Å². The Morgan fingerprint density at radius 2 is 1.30 bits per heavy atom. The average molecular weight is 318 g/mol. The van der Waals surface area contributed by atoms with E-state index in [0.29, 0.717) is 0 Å². The number of hydrogen-bond acceptors (Lipinski definition) is 6. The van der Waals surface area contributed by atoms with Gasteiger partial charge in [-0.3, -0.25) is 0 Å². The van der Waals surface area contributed by atoms with Gasteiger partial charge >= 0.3 is 11.9 Å². The lowest BCUT2D eigenvalue weighted by atomic mass is 10.5. The van der Waals surface area contributed by atoms with Gasteiger partial charge in [-0.15, -0.1) is 0 Å². The lowest BCUT2D eigenvalue weighted by molar-refractivity contribution is -0.142. The predicted molar refractivity (Wildman–Crippen MR) is 86.2 cm³/mol. The topological polar surface area (TPSA) is 52.6 Å². The van der Waals surface area contributed by atoms with E-state index in [9.17, 15) is 9.59 Å². The van der Waals surface area contributed by atoms with E-state index in [1.165, 1.54) is 12.2 Å². The first-order chi connectivity index (χ1) is 9.49. The van der Waals surface area contributed by atoms with Gasteiger partial charge in [-0.25, -0.2) is 9.59 Å². The smallest absolute Gasteiger partial charge is 0.330 e. The molecule has 0 radical (unpaired) electrons. The molecule has 114 valence electrons. The molecular weight excluding hydrogens is 296 g/mol. The zero-order chi connectivity index (χ0) is 15.4. The Balaban J connectivity index is 3.48. The Morgan fingerprint density at radius 3 is 1.60 bits per heavy atom. The molecule has 0 heterocycles. The van der Waals surface area contributed by atoms with Crippen molar-refractivity contribution in [2.24, 2.45) is 0 Å². The third kappa shape index (κ3) is 11.0. The molecule has 0 saturated heterocycles. The van der Waals surface area contributed by atoms with Crippen molar-refractivity contribution in [2.45, 2.75) is 26.1 Å². The summed E-state index contributed by atoms with van der Waals surface area (Å²) in [6, 6.07) is 0. The summed E-state index contributed by atoms with van der Waals surface area (Å²) in [5, 5.41) is 0. The zero-order valence-corrected chi connectivity index (χ0v) is 13.6. The monoisotopic (exact) mass is 318 g/mol. The highest BCUT2D eigenvalue weighted by molar-refractivity contribution is 8.02. The highest BCUT2D eigenvalue weighted by atomic mass is 32.2. The predicted octanol–water partition coefficient (Wildman–Crippen LogP) is 2.69.